The van der Waals surface area contributed by atoms with E-state index in [0.717, 1.165) is 0 Å². The maximum atomic E-state index is 14.5. The van der Waals surface area contributed by atoms with Crippen LogP contribution in [0.25, 0.3) is 5.83 Å². The van der Waals surface area contributed by atoms with Gasteiger partial charge in [0.25, 0.3) is 0 Å². The number of hydrogen-bond donors (Lipinski definition) is 1. The number of carboxylic acid groups (broad SMARTS) is 1. The Hall–Kier alpha value is -2.76. The smallest absolute Gasteiger partial charge is 0.417 e. The van der Waals surface area contributed by atoms with Gasteiger partial charge in [-0.15, -0.1) is 0 Å². The van der Waals surface area contributed by atoms with E-state index in [1.54, 1.807) is 0 Å². The van der Waals surface area contributed by atoms with Gasteiger partial charge < -0.3 is 5.11 Å². The standard InChI is InChI=1S/C19H9ClF10O2/c20-14-6-8(2-4-11(14)17(22,23)24)12(18(25,26)27)7-15(21)9-1-3-10(16(31)32)13(5-9)19(28,29)30/h1-7,12H,(H,31,32)/b15-7-. The number of rotatable bonds is 4. The summed E-state index contributed by atoms with van der Waals surface area (Å²) >= 11 is 5.40. The number of aromatic carboxylic acids is 1. The van der Waals surface area contributed by atoms with E-state index in [0.29, 0.717) is 24.3 Å². The Bertz CT molecular complexity index is 1050. The lowest BCUT2D eigenvalue weighted by molar-refractivity contribution is -0.140. The molecular formula is C19H9ClF10O2. The zero-order chi connectivity index (χ0) is 24.6. The first-order valence-corrected chi connectivity index (χ1v) is 8.56. The second-order valence-corrected chi connectivity index (χ2v) is 6.74. The van der Waals surface area contributed by atoms with Gasteiger partial charge in [-0.2, -0.15) is 39.5 Å². The van der Waals surface area contributed by atoms with Gasteiger partial charge in [0.2, 0.25) is 0 Å². The predicted molar refractivity (Wildman–Crippen MR) is 92.7 cm³/mol. The molecule has 0 aliphatic heterocycles. The molecule has 0 bridgehead atoms. The summed E-state index contributed by atoms with van der Waals surface area (Å²) in [5.74, 6) is -6.68. The minimum absolute atomic E-state index is 0.0163. The van der Waals surface area contributed by atoms with Crippen molar-refractivity contribution in [3.63, 3.8) is 0 Å². The molecule has 0 heterocycles. The minimum atomic E-state index is -5.26. The number of alkyl halides is 9. The molecule has 2 nitrogen and oxygen atoms in total. The van der Waals surface area contributed by atoms with Crippen molar-refractivity contribution < 1.29 is 53.8 Å². The van der Waals surface area contributed by atoms with Crippen LogP contribution < -0.4 is 0 Å². The average Bonchev–Trinajstić information content (AvgIpc) is 2.62. The van der Waals surface area contributed by atoms with Crippen molar-refractivity contribution in [2.24, 2.45) is 0 Å². The first kappa shape index (κ1) is 25.5. The van der Waals surface area contributed by atoms with Gasteiger partial charge in [-0.3, -0.25) is 0 Å². The summed E-state index contributed by atoms with van der Waals surface area (Å²) in [5.41, 5.74) is -6.41. The molecule has 0 fully saturated rings. The zero-order valence-corrected chi connectivity index (χ0v) is 15.9. The Morgan fingerprint density at radius 3 is 1.88 bits per heavy atom. The van der Waals surface area contributed by atoms with Crippen LogP contribution in [0, 0.1) is 0 Å². The van der Waals surface area contributed by atoms with Crippen LogP contribution in [0.1, 0.15) is 38.5 Å². The molecule has 0 aliphatic rings. The fourth-order valence-electron chi connectivity index (χ4n) is 2.69. The van der Waals surface area contributed by atoms with Gasteiger partial charge in [-0.1, -0.05) is 23.7 Å². The lowest BCUT2D eigenvalue weighted by atomic mass is 9.94. The van der Waals surface area contributed by atoms with Crippen LogP contribution in [0.15, 0.2) is 42.5 Å². The van der Waals surface area contributed by atoms with E-state index >= 15 is 0 Å². The molecule has 0 saturated carbocycles. The van der Waals surface area contributed by atoms with Crippen molar-refractivity contribution in [1.29, 1.82) is 0 Å². The molecule has 1 N–H and O–H groups in total. The molecule has 174 valence electrons. The lowest BCUT2D eigenvalue weighted by Crippen LogP contribution is -2.20. The van der Waals surface area contributed by atoms with Gasteiger partial charge in [0, 0.05) is 5.56 Å². The van der Waals surface area contributed by atoms with Crippen LogP contribution in [-0.4, -0.2) is 17.3 Å². The van der Waals surface area contributed by atoms with E-state index in [1.807, 2.05) is 0 Å². The van der Waals surface area contributed by atoms with Crippen LogP contribution in [0.2, 0.25) is 5.02 Å². The van der Waals surface area contributed by atoms with Crippen LogP contribution in [0.5, 0.6) is 0 Å². The Morgan fingerprint density at radius 2 is 1.44 bits per heavy atom. The van der Waals surface area contributed by atoms with Crippen LogP contribution >= 0.6 is 11.6 Å². The van der Waals surface area contributed by atoms with E-state index in [9.17, 15) is 48.7 Å². The van der Waals surface area contributed by atoms with Gasteiger partial charge in [-0.05, 0) is 35.9 Å². The van der Waals surface area contributed by atoms with Crippen molar-refractivity contribution in [2.45, 2.75) is 24.4 Å². The van der Waals surface area contributed by atoms with Gasteiger partial charge in [-0.25, -0.2) is 9.18 Å². The SMILES string of the molecule is O=C(O)c1ccc(/C(F)=C/C(c2ccc(C(F)(F)F)c(Cl)c2)C(F)(F)F)cc1C(F)(F)F. The van der Waals surface area contributed by atoms with Gasteiger partial charge in [0.15, 0.2) is 0 Å². The van der Waals surface area contributed by atoms with Crippen LogP contribution in [0.4, 0.5) is 43.9 Å². The topological polar surface area (TPSA) is 37.3 Å². The number of carboxylic acids is 1. The van der Waals surface area contributed by atoms with E-state index < -0.39 is 69.1 Å². The third-order valence-corrected chi connectivity index (χ3v) is 4.47. The molecule has 0 aliphatic carbocycles. The Kier molecular flexibility index (Phi) is 6.89. The third kappa shape index (κ3) is 5.72. The molecule has 13 heteroatoms. The number of benzene rings is 2. The zero-order valence-electron chi connectivity index (χ0n) is 15.1. The van der Waals surface area contributed by atoms with Crippen molar-refractivity contribution >= 4 is 23.4 Å². The number of allylic oxidation sites excluding steroid dienone is 1. The predicted octanol–water partition coefficient (Wildman–Crippen LogP) is 7.73. The maximum absolute atomic E-state index is 14.5. The molecule has 0 aromatic heterocycles. The van der Waals surface area contributed by atoms with E-state index in [1.165, 1.54) is 0 Å². The molecule has 0 spiro atoms. The van der Waals surface area contributed by atoms with Crippen molar-refractivity contribution in [3.8, 4) is 0 Å². The summed E-state index contributed by atoms with van der Waals surface area (Å²) in [7, 11) is 0. The molecule has 1 atom stereocenters. The highest BCUT2D eigenvalue weighted by atomic mass is 35.5. The molecule has 2 rings (SSSR count). The summed E-state index contributed by atoms with van der Waals surface area (Å²) in [6.45, 7) is 0. The summed E-state index contributed by atoms with van der Waals surface area (Å²) in [6, 6.07) is 1.89. The van der Waals surface area contributed by atoms with Gasteiger partial charge in [0.1, 0.15) is 11.7 Å². The molecule has 0 saturated heterocycles. The first-order chi connectivity index (χ1) is 14.4. The summed E-state index contributed by atoms with van der Waals surface area (Å²) in [5, 5.41) is 7.72. The Labute approximate surface area is 177 Å². The van der Waals surface area contributed by atoms with Gasteiger partial charge in [0.05, 0.1) is 21.7 Å². The van der Waals surface area contributed by atoms with Crippen molar-refractivity contribution in [2.75, 3.05) is 0 Å². The molecule has 32 heavy (non-hydrogen) atoms. The number of carbonyl (C=O) groups is 1. The lowest BCUT2D eigenvalue weighted by Gasteiger charge is -2.19. The number of hydrogen-bond acceptors (Lipinski definition) is 1. The summed E-state index contributed by atoms with van der Waals surface area (Å²) in [6.07, 6.45) is -15.6. The molecular weight excluding hydrogens is 486 g/mol. The quantitative estimate of drug-likeness (QED) is 0.442. The highest BCUT2D eigenvalue weighted by Crippen LogP contribution is 2.42. The second-order valence-electron chi connectivity index (χ2n) is 6.33. The Morgan fingerprint density at radius 1 is 0.875 bits per heavy atom. The second kappa shape index (κ2) is 8.64. The number of halogens is 11. The molecule has 1 unspecified atom stereocenters. The van der Waals surface area contributed by atoms with Gasteiger partial charge >= 0.3 is 24.5 Å². The molecule has 2 aromatic carbocycles. The van der Waals surface area contributed by atoms with Crippen molar-refractivity contribution in [1.82, 2.24) is 0 Å². The van der Waals surface area contributed by atoms with Crippen LogP contribution in [0.3, 0.4) is 0 Å². The monoisotopic (exact) mass is 494 g/mol. The average molecular weight is 495 g/mol. The Balaban J connectivity index is 2.59. The van der Waals surface area contributed by atoms with Crippen LogP contribution in [-0.2, 0) is 12.4 Å². The highest BCUT2D eigenvalue weighted by molar-refractivity contribution is 6.31. The minimum Gasteiger partial charge on any atom is -0.478 e. The largest absolute Gasteiger partial charge is 0.478 e. The van der Waals surface area contributed by atoms with E-state index in [4.69, 9.17) is 16.7 Å². The normalized spacial score (nSPS) is 14.4. The fraction of sp³-hybridized carbons (Fsp3) is 0.211. The van der Waals surface area contributed by atoms with E-state index in [2.05, 4.69) is 0 Å². The molecule has 0 radical (unpaired) electrons. The highest BCUT2D eigenvalue weighted by Gasteiger charge is 2.41. The molecule has 2 aromatic rings. The third-order valence-electron chi connectivity index (χ3n) is 4.15. The fourth-order valence-corrected chi connectivity index (χ4v) is 2.99. The van der Waals surface area contributed by atoms with E-state index in [-0.39, 0.29) is 18.2 Å². The molecule has 0 amide bonds. The maximum Gasteiger partial charge on any atom is 0.417 e. The van der Waals surface area contributed by atoms with Crippen molar-refractivity contribution in [3.05, 3.63) is 75.3 Å². The first-order valence-electron chi connectivity index (χ1n) is 8.18. The summed E-state index contributed by atoms with van der Waals surface area (Å²) < 4.78 is 132. The summed E-state index contributed by atoms with van der Waals surface area (Å²) in [4.78, 5) is 10.9.